The molecule has 1 N–H and O–H groups in total. The number of aryl methyl sites for hydroxylation is 2. The topological polar surface area (TPSA) is 39.1 Å². The normalized spacial score (nSPS) is 10.5. The third-order valence-corrected chi connectivity index (χ3v) is 2.03. The Morgan fingerprint density at radius 1 is 1.50 bits per heavy atom. The summed E-state index contributed by atoms with van der Waals surface area (Å²) in [6.07, 6.45) is 2.22. The van der Waals surface area contributed by atoms with Gasteiger partial charge in [0.2, 0.25) is 5.88 Å². The SMILES string of the molecule is CNCCCCOc1cc(C)nn1C. The lowest BCUT2D eigenvalue weighted by atomic mass is 10.3. The number of nitrogens with zero attached hydrogens (tertiary/aromatic N) is 2. The molecule has 1 rings (SSSR count). The maximum Gasteiger partial charge on any atom is 0.211 e. The second kappa shape index (κ2) is 5.65. The fourth-order valence-electron chi connectivity index (χ4n) is 1.30. The van der Waals surface area contributed by atoms with Crippen molar-refractivity contribution in [2.75, 3.05) is 20.2 Å². The zero-order valence-corrected chi connectivity index (χ0v) is 9.21. The van der Waals surface area contributed by atoms with Gasteiger partial charge in [-0.05, 0) is 33.4 Å². The molecule has 14 heavy (non-hydrogen) atoms. The van der Waals surface area contributed by atoms with Crippen LogP contribution >= 0.6 is 0 Å². The van der Waals surface area contributed by atoms with E-state index in [0.29, 0.717) is 0 Å². The van der Waals surface area contributed by atoms with Gasteiger partial charge in [0.1, 0.15) is 0 Å². The summed E-state index contributed by atoms with van der Waals surface area (Å²) in [5.74, 6) is 0.854. The number of ether oxygens (including phenoxy) is 1. The van der Waals surface area contributed by atoms with E-state index in [1.165, 1.54) is 0 Å². The average molecular weight is 197 g/mol. The van der Waals surface area contributed by atoms with Gasteiger partial charge in [-0.3, -0.25) is 0 Å². The lowest BCUT2D eigenvalue weighted by Gasteiger charge is -2.05. The summed E-state index contributed by atoms with van der Waals surface area (Å²) in [4.78, 5) is 0. The minimum Gasteiger partial charge on any atom is -0.478 e. The van der Waals surface area contributed by atoms with Gasteiger partial charge in [0.15, 0.2) is 0 Å². The highest BCUT2D eigenvalue weighted by Gasteiger charge is 2.01. The van der Waals surface area contributed by atoms with Crippen LogP contribution < -0.4 is 10.1 Å². The smallest absolute Gasteiger partial charge is 0.211 e. The van der Waals surface area contributed by atoms with Crippen LogP contribution in [0.2, 0.25) is 0 Å². The Kier molecular flexibility index (Phi) is 4.46. The molecule has 4 nitrogen and oxygen atoms in total. The molecular weight excluding hydrogens is 178 g/mol. The fourth-order valence-corrected chi connectivity index (χ4v) is 1.30. The average Bonchev–Trinajstić information content (AvgIpc) is 2.45. The Morgan fingerprint density at radius 2 is 2.29 bits per heavy atom. The molecular formula is C10H19N3O. The molecule has 1 aromatic heterocycles. The lowest BCUT2D eigenvalue weighted by Crippen LogP contribution is -2.09. The second-order valence-corrected chi connectivity index (χ2v) is 3.41. The van der Waals surface area contributed by atoms with Crippen LogP contribution in [0.5, 0.6) is 5.88 Å². The van der Waals surface area contributed by atoms with Crippen LogP contribution in [0.1, 0.15) is 18.5 Å². The highest BCUT2D eigenvalue weighted by molar-refractivity contribution is 5.14. The van der Waals surface area contributed by atoms with Crippen molar-refractivity contribution in [1.82, 2.24) is 15.1 Å². The molecule has 0 saturated heterocycles. The molecule has 0 aliphatic rings. The van der Waals surface area contributed by atoms with Gasteiger partial charge in [-0.2, -0.15) is 5.10 Å². The Labute approximate surface area is 85.3 Å². The van der Waals surface area contributed by atoms with Crippen molar-refractivity contribution < 1.29 is 4.74 Å². The molecule has 0 spiro atoms. The Hall–Kier alpha value is -1.03. The standard InChI is InChI=1S/C10H19N3O/c1-9-8-10(13(3)12-9)14-7-5-4-6-11-2/h8,11H,4-7H2,1-3H3. The summed E-state index contributed by atoms with van der Waals surface area (Å²) in [6.45, 7) is 3.78. The number of aromatic nitrogens is 2. The zero-order valence-electron chi connectivity index (χ0n) is 9.21. The van der Waals surface area contributed by atoms with E-state index in [4.69, 9.17) is 4.74 Å². The van der Waals surface area contributed by atoms with E-state index in [9.17, 15) is 0 Å². The van der Waals surface area contributed by atoms with E-state index in [0.717, 1.165) is 37.6 Å². The first-order valence-electron chi connectivity index (χ1n) is 5.02. The van der Waals surface area contributed by atoms with Crippen LogP contribution in [0, 0.1) is 6.92 Å². The monoisotopic (exact) mass is 197 g/mol. The Bertz CT molecular complexity index is 270. The minimum absolute atomic E-state index is 0.765. The summed E-state index contributed by atoms with van der Waals surface area (Å²) in [5, 5.41) is 7.31. The van der Waals surface area contributed by atoms with Gasteiger partial charge < -0.3 is 10.1 Å². The molecule has 0 unspecified atom stereocenters. The first-order valence-corrected chi connectivity index (χ1v) is 5.02. The minimum atomic E-state index is 0.765. The summed E-state index contributed by atoms with van der Waals surface area (Å²) >= 11 is 0. The maximum absolute atomic E-state index is 5.58. The lowest BCUT2D eigenvalue weighted by molar-refractivity contribution is 0.281. The van der Waals surface area contributed by atoms with Gasteiger partial charge in [0.25, 0.3) is 0 Å². The summed E-state index contributed by atoms with van der Waals surface area (Å²) in [6, 6.07) is 1.96. The number of hydrogen-bond acceptors (Lipinski definition) is 3. The third-order valence-electron chi connectivity index (χ3n) is 2.03. The molecule has 0 fully saturated rings. The third kappa shape index (κ3) is 3.38. The van der Waals surface area contributed by atoms with Crippen molar-refractivity contribution in [3.8, 4) is 5.88 Å². The van der Waals surface area contributed by atoms with Crippen LogP contribution in [0.4, 0.5) is 0 Å². The van der Waals surface area contributed by atoms with E-state index in [2.05, 4.69) is 10.4 Å². The predicted octanol–water partition coefficient (Wildman–Crippen LogP) is 1.11. The Balaban J connectivity index is 2.21. The van der Waals surface area contributed by atoms with Crippen LogP contribution in [0.15, 0.2) is 6.07 Å². The highest BCUT2D eigenvalue weighted by atomic mass is 16.5. The van der Waals surface area contributed by atoms with Crippen LogP contribution in [-0.2, 0) is 7.05 Å². The predicted molar refractivity (Wildman–Crippen MR) is 56.6 cm³/mol. The summed E-state index contributed by atoms with van der Waals surface area (Å²) in [7, 11) is 3.86. The largest absolute Gasteiger partial charge is 0.478 e. The zero-order chi connectivity index (χ0) is 10.4. The van der Waals surface area contributed by atoms with Gasteiger partial charge >= 0.3 is 0 Å². The van der Waals surface area contributed by atoms with E-state index >= 15 is 0 Å². The molecule has 1 heterocycles. The molecule has 80 valence electrons. The summed E-state index contributed by atoms with van der Waals surface area (Å²) < 4.78 is 7.35. The van der Waals surface area contributed by atoms with Crippen LogP contribution in [-0.4, -0.2) is 30.0 Å². The number of nitrogens with one attached hydrogen (secondary N) is 1. The van der Waals surface area contributed by atoms with Crippen molar-refractivity contribution in [2.24, 2.45) is 7.05 Å². The Morgan fingerprint density at radius 3 is 2.86 bits per heavy atom. The second-order valence-electron chi connectivity index (χ2n) is 3.41. The first kappa shape index (κ1) is 11.0. The van der Waals surface area contributed by atoms with Crippen molar-refractivity contribution >= 4 is 0 Å². The molecule has 0 bridgehead atoms. The van der Waals surface area contributed by atoms with E-state index in [1.54, 1.807) is 4.68 Å². The van der Waals surface area contributed by atoms with Gasteiger partial charge in [0.05, 0.1) is 12.3 Å². The van der Waals surface area contributed by atoms with E-state index in [1.807, 2.05) is 27.1 Å². The first-order chi connectivity index (χ1) is 6.74. The van der Waals surface area contributed by atoms with Crippen LogP contribution in [0.3, 0.4) is 0 Å². The summed E-state index contributed by atoms with van der Waals surface area (Å²) in [5.41, 5.74) is 0.998. The van der Waals surface area contributed by atoms with Gasteiger partial charge in [-0.1, -0.05) is 0 Å². The van der Waals surface area contributed by atoms with Crippen molar-refractivity contribution in [3.05, 3.63) is 11.8 Å². The number of unbranched alkanes of at least 4 members (excludes halogenated alkanes) is 1. The van der Waals surface area contributed by atoms with Gasteiger partial charge in [0, 0.05) is 13.1 Å². The van der Waals surface area contributed by atoms with Gasteiger partial charge in [-0.15, -0.1) is 0 Å². The number of rotatable bonds is 6. The molecule has 0 aliphatic carbocycles. The molecule has 4 heteroatoms. The molecule has 0 saturated carbocycles. The molecule has 0 aromatic carbocycles. The van der Waals surface area contributed by atoms with Crippen LogP contribution in [0.25, 0.3) is 0 Å². The molecule has 0 radical (unpaired) electrons. The van der Waals surface area contributed by atoms with Gasteiger partial charge in [-0.25, -0.2) is 4.68 Å². The molecule has 0 amide bonds. The molecule has 1 aromatic rings. The highest BCUT2D eigenvalue weighted by Crippen LogP contribution is 2.11. The van der Waals surface area contributed by atoms with Crippen molar-refractivity contribution in [1.29, 1.82) is 0 Å². The fraction of sp³-hybridized carbons (Fsp3) is 0.700. The number of hydrogen-bond donors (Lipinski definition) is 1. The van der Waals surface area contributed by atoms with Crippen molar-refractivity contribution in [3.63, 3.8) is 0 Å². The van der Waals surface area contributed by atoms with E-state index < -0.39 is 0 Å². The van der Waals surface area contributed by atoms with Crippen molar-refractivity contribution in [2.45, 2.75) is 19.8 Å². The maximum atomic E-state index is 5.58. The molecule has 0 aliphatic heterocycles. The quantitative estimate of drug-likeness (QED) is 0.694. The van der Waals surface area contributed by atoms with E-state index in [-0.39, 0.29) is 0 Å². The molecule has 0 atom stereocenters.